The summed E-state index contributed by atoms with van der Waals surface area (Å²) in [5.74, 6) is 0.252. The van der Waals surface area contributed by atoms with Crippen molar-refractivity contribution in [1.82, 2.24) is 5.32 Å². The summed E-state index contributed by atoms with van der Waals surface area (Å²) in [6.45, 7) is 4.17. The van der Waals surface area contributed by atoms with Gasteiger partial charge < -0.3 is 19.9 Å². The van der Waals surface area contributed by atoms with E-state index in [2.05, 4.69) is 12.2 Å². The summed E-state index contributed by atoms with van der Waals surface area (Å²) in [4.78, 5) is 0. The molecule has 1 aliphatic heterocycles. The minimum Gasteiger partial charge on any atom is -0.488 e. The first kappa shape index (κ1) is 15.2. The first-order chi connectivity index (χ1) is 9.66. The zero-order valence-electron chi connectivity index (χ0n) is 11.7. The molecule has 3 atom stereocenters. The van der Waals surface area contributed by atoms with Gasteiger partial charge in [0.2, 0.25) is 0 Å². The van der Waals surface area contributed by atoms with Gasteiger partial charge in [-0.25, -0.2) is 4.39 Å². The topological polar surface area (TPSA) is 50.7 Å². The molecule has 3 unspecified atom stereocenters. The average Bonchev–Trinajstić information content (AvgIpc) is 2.98. The van der Waals surface area contributed by atoms with E-state index in [4.69, 9.17) is 9.47 Å². The molecule has 1 fully saturated rings. The number of nitrogens with one attached hydrogen (secondary N) is 1. The van der Waals surface area contributed by atoms with Gasteiger partial charge in [0.15, 0.2) is 11.6 Å². The van der Waals surface area contributed by atoms with E-state index in [1.807, 2.05) is 0 Å². The predicted molar refractivity (Wildman–Crippen MR) is 74.3 cm³/mol. The summed E-state index contributed by atoms with van der Waals surface area (Å²) < 4.78 is 23.9. The Bertz CT molecular complexity index is 410. The van der Waals surface area contributed by atoms with Crippen LogP contribution in [0.15, 0.2) is 24.3 Å². The maximum atomic E-state index is 13.3. The molecule has 0 spiro atoms. The van der Waals surface area contributed by atoms with Gasteiger partial charge in [-0.15, -0.1) is 0 Å². The van der Waals surface area contributed by atoms with E-state index in [1.165, 1.54) is 6.07 Å². The van der Waals surface area contributed by atoms with Crippen LogP contribution in [0.4, 0.5) is 4.39 Å². The zero-order chi connectivity index (χ0) is 14.4. The van der Waals surface area contributed by atoms with Gasteiger partial charge >= 0.3 is 0 Å². The Morgan fingerprint density at radius 2 is 2.30 bits per heavy atom. The lowest BCUT2D eigenvalue weighted by molar-refractivity contribution is 0.0984. The number of halogens is 1. The third kappa shape index (κ3) is 4.44. The fourth-order valence-electron chi connectivity index (χ4n) is 2.24. The van der Waals surface area contributed by atoms with Gasteiger partial charge in [0.05, 0.1) is 6.61 Å². The maximum absolute atomic E-state index is 13.3. The van der Waals surface area contributed by atoms with Gasteiger partial charge in [-0.3, -0.25) is 0 Å². The third-order valence-corrected chi connectivity index (χ3v) is 3.62. The minimum atomic E-state index is -0.667. The van der Waals surface area contributed by atoms with Gasteiger partial charge in [-0.1, -0.05) is 12.1 Å². The number of hydrogen-bond acceptors (Lipinski definition) is 4. The molecule has 20 heavy (non-hydrogen) atoms. The molecule has 0 aliphatic carbocycles. The molecule has 5 heteroatoms. The molecule has 112 valence electrons. The van der Waals surface area contributed by atoms with E-state index in [0.717, 1.165) is 19.6 Å². The standard InChI is InChI=1S/C15H22FNO3/c1-11(12-6-7-19-9-12)17-8-13(18)10-20-15-5-3-2-4-14(15)16/h2-5,11-13,17-18H,6-10H2,1H3. The number of para-hydroxylation sites is 1. The summed E-state index contributed by atoms with van der Waals surface area (Å²) in [6.07, 6.45) is 0.384. The molecule has 1 heterocycles. The Balaban J connectivity index is 1.67. The summed E-state index contributed by atoms with van der Waals surface area (Å²) in [7, 11) is 0. The first-order valence-corrected chi connectivity index (χ1v) is 7.03. The SMILES string of the molecule is CC(NCC(O)COc1ccccc1F)C1CCOC1. The van der Waals surface area contributed by atoms with Crippen molar-refractivity contribution in [2.45, 2.75) is 25.5 Å². The van der Waals surface area contributed by atoms with Crippen molar-refractivity contribution in [2.24, 2.45) is 5.92 Å². The van der Waals surface area contributed by atoms with E-state index in [1.54, 1.807) is 18.2 Å². The van der Waals surface area contributed by atoms with Crippen LogP contribution in [-0.2, 0) is 4.74 Å². The number of hydrogen-bond donors (Lipinski definition) is 2. The van der Waals surface area contributed by atoms with E-state index < -0.39 is 11.9 Å². The summed E-state index contributed by atoms with van der Waals surface area (Å²) in [5, 5.41) is 13.1. The Morgan fingerprint density at radius 3 is 3.00 bits per heavy atom. The summed E-state index contributed by atoms with van der Waals surface area (Å²) in [6, 6.07) is 6.48. The van der Waals surface area contributed by atoms with Gasteiger partial charge in [-0.05, 0) is 31.4 Å². The monoisotopic (exact) mass is 283 g/mol. The molecular formula is C15H22FNO3. The van der Waals surface area contributed by atoms with E-state index in [-0.39, 0.29) is 12.4 Å². The summed E-state index contributed by atoms with van der Waals surface area (Å²) >= 11 is 0. The predicted octanol–water partition coefficient (Wildman–Crippen LogP) is 1.58. The first-order valence-electron chi connectivity index (χ1n) is 7.03. The molecule has 1 aromatic rings. The fourth-order valence-corrected chi connectivity index (χ4v) is 2.24. The highest BCUT2D eigenvalue weighted by atomic mass is 19.1. The minimum absolute atomic E-state index is 0.0712. The number of rotatable bonds is 7. The van der Waals surface area contributed by atoms with Crippen LogP contribution in [0.1, 0.15) is 13.3 Å². The zero-order valence-corrected chi connectivity index (χ0v) is 11.7. The van der Waals surface area contributed by atoms with Crippen molar-refractivity contribution >= 4 is 0 Å². The molecule has 1 saturated heterocycles. The number of aliphatic hydroxyl groups is 1. The van der Waals surface area contributed by atoms with Crippen LogP contribution in [0.2, 0.25) is 0 Å². The quantitative estimate of drug-likeness (QED) is 0.798. The van der Waals surface area contributed by atoms with Crippen molar-refractivity contribution < 1.29 is 19.0 Å². The molecule has 0 saturated carbocycles. The molecule has 1 aromatic carbocycles. The second kappa shape index (κ2) is 7.57. The van der Waals surface area contributed by atoms with Crippen molar-refractivity contribution in [3.05, 3.63) is 30.1 Å². The molecule has 2 rings (SSSR count). The summed E-state index contributed by atoms with van der Waals surface area (Å²) in [5.41, 5.74) is 0. The van der Waals surface area contributed by atoms with Crippen LogP contribution in [0.5, 0.6) is 5.75 Å². The fraction of sp³-hybridized carbons (Fsp3) is 0.600. The lowest BCUT2D eigenvalue weighted by Crippen LogP contribution is -2.40. The Hall–Kier alpha value is -1.17. The molecule has 0 aromatic heterocycles. The second-order valence-corrected chi connectivity index (χ2v) is 5.22. The Kier molecular flexibility index (Phi) is 5.76. The second-order valence-electron chi connectivity index (χ2n) is 5.22. The smallest absolute Gasteiger partial charge is 0.165 e. The molecule has 0 amide bonds. The number of ether oxygens (including phenoxy) is 2. The Labute approximate surface area is 118 Å². The lowest BCUT2D eigenvalue weighted by atomic mass is 10.0. The van der Waals surface area contributed by atoms with E-state index >= 15 is 0 Å². The van der Waals surface area contributed by atoms with Crippen LogP contribution < -0.4 is 10.1 Å². The molecule has 0 bridgehead atoms. The molecule has 1 aliphatic rings. The third-order valence-electron chi connectivity index (χ3n) is 3.62. The van der Waals surface area contributed by atoms with Crippen LogP contribution in [0, 0.1) is 11.7 Å². The van der Waals surface area contributed by atoms with Gasteiger partial charge in [0.1, 0.15) is 12.7 Å². The highest BCUT2D eigenvalue weighted by molar-refractivity contribution is 5.23. The van der Waals surface area contributed by atoms with Gasteiger partial charge in [0.25, 0.3) is 0 Å². The highest BCUT2D eigenvalue weighted by Crippen LogP contribution is 2.17. The van der Waals surface area contributed by atoms with E-state index in [9.17, 15) is 9.50 Å². The molecule has 2 N–H and O–H groups in total. The van der Waals surface area contributed by atoms with Crippen LogP contribution in [0.3, 0.4) is 0 Å². The average molecular weight is 283 g/mol. The normalized spacial score (nSPS) is 21.6. The van der Waals surface area contributed by atoms with Crippen molar-refractivity contribution in [3.8, 4) is 5.75 Å². The largest absolute Gasteiger partial charge is 0.488 e. The number of aliphatic hydroxyl groups excluding tert-OH is 1. The van der Waals surface area contributed by atoms with Crippen LogP contribution in [0.25, 0.3) is 0 Å². The van der Waals surface area contributed by atoms with Crippen LogP contribution in [-0.4, -0.2) is 43.6 Å². The van der Waals surface area contributed by atoms with Crippen molar-refractivity contribution in [1.29, 1.82) is 0 Å². The molecular weight excluding hydrogens is 261 g/mol. The molecule has 0 radical (unpaired) electrons. The van der Waals surface area contributed by atoms with E-state index in [0.29, 0.717) is 18.5 Å². The maximum Gasteiger partial charge on any atom is 0.165 e. The van der Waals surface area contributed by atoms with Gasteiger partial charge in [0, 0.05) is 19.2 Å². The van der Waals surface area contributed by atoms with Gasteiger partial charge in [-0.2, -0.15) is 0 Å². The lowest BCUT2D eigenvalue weighted by Gasteiger charge is -2.21. The highest BCUT2D eigenvalue weighted by Gasteiger charge is 2.22. The van der Waals surface area contributed by atoms with Crippen LogP contribution >= 0.6 is 0 Å². The number of benzene rings is 1. The van der Waals surface area contributed by atoms with Crippen molar-refractivity contribution in [3.63, 3.8) is 0 Å². The Morgan fingerprint density at radius 1 is 1.50 bits per heavy atom. The molecule has 4 nitrogen and oxygen atoms in total. The van der Waals surface area contributed by atoms with Crippen molar-refractivity contribution in [2.75, 3.05) is 26.4 Å².